The molecule has 1 unspecified atom stereocenters. The monoisotopic (exact) mass is 337 g/mol. The summed E-state index contributed by atoms with van der Waals surface area (Å²) >= 11 is 0. The van der Waals surface area contributed by atoms with Gasteiger partial charge in [0, 0.05) is 13.2 Å². The minimum Gasteiger partial charge on any atom is -0.756 e. The van der Waals surface area contributed by atoms with Crippen molar-refractivity contribution in [2.75, 3.05) is 26.4 Å². The standard InChI is InChI=1S/C16H35O5P/c1-3-5-6-7-8-12-15-20-22(17,18)21-16-13-10-9-11-14-19-4-2/h3-16H2,1-2H3,(H,17,18)/p-1. The van der Waals surface area contributed by atoms with Crippen LogP contribution in [0.15, 0.2) is 0 Å². The number of hydrogen-bond acceptors (Lipinski definition) is 5. The Morgan fingerprint density at radius 2 is 1.18 bits per heavy atom. The Bertz CT molecular complexity index is 273. The van der Waals surface area contributed by atoms with Crippen LogP contribution in [0.1, 0.15) is 78.1 Å². The molecule has 1 atom stereocenters. The van der Waals surface area contributed by atoms with Gasteiger partial charge in [-0.2, -0.15) is 0 Å². The zero-order chi connectivity index (χ0) is 16.5. The molecule has 0 aromatic heterocycles. The average Bonchev–Trinajstić information content (AvgIpc) is 2.49. The Morgan fingerprint density at radius 1 is 0.727 bits per heavy atom. The quantitative estimate of drug-likeness (QED) is 0.290. The molecule has 0 radical (unpaired) electrons. The van der Waals surface area contributed by atoms with Gasteiger partial charge in [-0.15, -0.1) is 0 Å². The van der Waals surface area contributed by atoms with Gasteiger partial charge in [-0.3, -0.25) is 4.57 Å². The van der Waals surface area contributed by atoms with Crippen molar-refractivity contribution in [1.82, 2.24) is 0 Å². The lowest BCUT2D eigenvalue weighted by Crippen LogP contribution is -2.10. The van der Waals surface area contributed by atoms with Crippen LogP contribution in [0.2, 0.25) is 0 Å². The van der Waals surface area contributed by atoms with Crippen LogP contribution in [-0.4, -0.2) is 26.4 Å². The van der Waals surface area contributed by atoms with Crippen LogP contribution in [0.4, 0.5) is 0 Å². The highest BCUT2D eigenvalue weighted by molar-refractivity contribution is 7.45. The number of phosphoric ester groups is 1. The fourth-order valence-corrected chi connectivity index (χ4v) is 2.86. The molecule has 0 bridgehead atoms. The molecule has 22 heavy (non-hydrogen) atoms. The van der Waals surface area contributed by atoms with Crippen LogP contribution in [0.5, 0.6) is 0 Å². The maximum Gasteiger partial charge on any atom is 0.267 e. The number of ether oxygens (including phenoxy) is 1. The van der Waals surface area contributed by atoms with Crippen molar-refractivity contribution < 1.29 is 23.2 Å². The third-order valence-electron chi connectivity index (χ3n) is 3.38. The minimum atomic E-state index is -4.09. The number of phosphoric acid groups is 1. The molecule has 5 nitrogen and oxygen atoms in total. The third kappa shape index (κ3) is 16.4. The van der Waals surface area contributed by atoms with E-state index in [0.29, 0.717) is 0 Å². The smallest absolute Gasteiger partial charge is 0.267 e. The number of rotatable bonds is 17. The maximum atomic E-state index is 11.5. The first-order chi connectivity index (χ1) is 10.6. The van der Waals surface area contributed by atoms with Gasteiger partial charge in [0.1, 0.15) is 0 Å². The number of hydrogen-bond donors (Lipinski definition) is 0. The molecule has 0 saturated heterocycles. The van der Waals surface area contributed by atoms with Crippen molar-refractivity contribution >= 4 is 7.82 Å². The summed E-state index contributed by atoms with van der Waals surface area (Å²) in [6.07, 6.45) is 10.3. The lowest BCUT2D eigenvalue weighted by Gasteiger charge is -2.22. The molecule has 0 aliphatic heterocycles. The predicted molar refractivity (Wildman–Crippen MR) is 87.8 cm³/mol. The topological polar surface area (TPSA) is 67.8 Å². The summed E-state index contributed by atoms with van der Waals surface area (Å²) < 4.78 is 26.4. The van der Waals surface area contributed by atoms with E-state index in [2.05, 4.69) is 6.92 Å². The summed E-state index contributed by atoms with van der Waals surface area (Å²) in [5, 5.41) is 0. The Hall–Kier alpha value is 0.0700. The molecule has 6 heteroatoms. The van der Waals surface area contributed by atoms with Crippen molar-refractivity contribution in [2.45, 2.75) is 78.1 Å². The average molecular weight is 337 g/mol. The van der Waals surface area contributed by atoms with E-state index in [1.54, 1.807) is 0 Å². The Balaban J connectivity index is 3.36. The van der Waals surface area contributed by atoms with Crippen LogP contribution in [0.3, 0.4) is 0 Å². The van der Waals surface area contributed by atoms with Crippen LogP contribution in [0, 0.1) is 0 Å². The molecule has 0 heterocycles. The van der Waals surface area contributed by atoms with E-state index < -0.39 is 7.82 Å². The van der Waals surface area contributed by atoms with E-state index in [-0.39, 0.29) is 13.2 Å². The van der Waals surface area contributed by atoms with E-state index in [9.17, 15) is 9.46 Å². The fraction of sp³-hybridized carbons (Fsp3) is 1.00. The van der Waals surface area contributed by atoms with Crippen molar-refractivity contribution in [3.8, 4) is 0 Å². The Labute approximate surface area is 136 Å². The van der Waals surface area contributed by atoms with Gasteiger partial charge >= 0.3 is 0 Å². The molecule has 0 aromatic carbocycles. The lowest BCUT2D eigenvalue weighted by molar-refractivity contribution is -0.225. The molecular weight excluding hydrogens is 303 g/mol. The molecule has 0 fully saturated rings. The summed E-state index contributed by atoms with van der Waals surface area (Å²) in [5.74, 6) is 0. The molecule has 0 aromatic rings. The van der Waals surface area contributed by atoms with Crippen LogP contribution >= 0.6 is 7.82 Å². The fourth-order valence-electron chi connectivity index (χ4n) is 2.08. The van der Waals surface area contributed by atoms with Gasteiger partial charge in [-0.25, -0.2) is 0 Å². The molecule has 0 N–H and O–H groups in total. The molecule has 134 valence electrons. The van der Waals surface area contributed by atoms with Gasteiger partial charge in [0.15, 0.2) is 0 Å². The van der Waals surface area contributed by atoms with E-state index in [1.165, 1.54) is 19.3 Å². The van der Waals surface area contributed by atoms with Crippen LogP contribution < -0.4 is 4.89 Å². The highest BCUT2D eigenvalue weighted by atomic mass is 31.2. The Morgan fingerprint density at radius 3 is 1.68 bits per heavy atom. The van der Waals surface area contributed by atoms with Crippen molar-refractivity contribution in [3.63, 3.8) is 0 Å². The highest BCUT2D eigenvalue weighted by Crippen LogP contribution is 2.38. The van der Waals surface area contributed by atoms with Crippen molar-refractivity contribution in [2.24, 2.45) is 0 Å². The van der Waals surface area contributed by atoms with E-state index >= 15 is 0 Å². The van der Waals surface area contributed by atoms with Crippen molar-refractivity contribution in [1.29, 1.82) is 0 Å². The largest absolute Gasteiger partial charge is 0.756 e. The molecule has 0 amide bonds. The zero-order valence-electron chi connectivity index (χ0n) is 14.4. The summed E-state index contributed by atoms with van der Waals surface area (Å²) in [7, 11) is -4.09. The first-order valence-corrected chi connectivity index (χ1v) is 10.3. The summed E-state index contributed by atoms with van der Waals surface area (Å²) in [6.45, 7) is 6.13. The van der Waals surface area contributed by atoms with Gasteiger partial charge < -0.3 is 18.7 Å². The van der Waals surface area contributed by atoms with Gasteiger partial charge in [0.2, 0.25) is 0 Å². The molecule has 0 spiro atoms. The van der Waals surface area contributed by atoms with Gasteiger partial charge in [0.05, 0.1) is 13.2 Å². The maximum absolute atomic E-state index is 11.5. The van der Waals surface area contributed by atoms with Gasteiger partial charge in [0.25, 0.3) is 7.82 Å². The van der Waals surface area contributed by atoms with Gasteiger partial charge in [-0.05, 0) is 26.2 Å². The first kappa shape index (κ1) is 22.1. The second-order valence-electron chi connectivity index (χ2n) is 5.49. The molecule has 0 saturated carbocycles. The van der Waals surface area contributed by atoms with Crippen LogP contribution in [-0.2, 0) is 18.3 Å². The predicted octanol–water partition coefficient (Wildman–Crippen LogP) is 4.45. The molecule has 0 rings (SSSR count). The zero-order valence-corrected chi connectivity index (χ0v) is 15.3. The highest BCUT2D eigenvalue weighted by Gasteiger charge is 2.08. The van der Waals surface area contributed by atoms with Crippen molar-refractivity contribution in [3.05, 3.63) is 0 Å². The normalized spacial score (nSPS) is 14.1. The summed E-state index contributed by atoms with van der Waals surface area (Å²) in [5.41, 5.74) is 0. The number of unbranched alkanes of at least 4 members (excludes halogenated alkanes) is 8. The van der Waals surface area contributed by atoms with Gasteiger partial charge in [-0.1, -0.05) is 51.9 Å². The summed E-state index contributed by atoms with van der Waals surface area (Å²) in [4.78, 5) is 11.5. The van der Waals surface area contributed by atoms with E-state index in [0.717, 1.165) is 58.2 Å². The van der Waals surface area contributed by atoms with Crippen LogP contribution in [0.25, 0.3) is 0 Å². The minimum absolute atomic E-state index is 0.214. The second-order valence-corrected chi connectivity index (χ2v) is 6.90. The van der Waals surface area contributed by atoms with E-state index in [4.69, 9.17) is 13.8 Å². The third-order valence-corrected chi connectivity index (χ3v) is 4.38. The second kappa shape index (κ2) is 15.9. The first-order valence-electron chi connectivity index (χ1n) is 8.80. The molecular formula is C16H34O5P-. The lowest BCUT2D eigenvalue weighted by atomic mass is 10.1. The molecule has 0 aliphatic rings. The molecule has 0 aliphatic carbocycles. The summed E-state index contributed by atoms with van der Waals surface area (Å²) in [6, 6.07) is 0. The SMILES string of the molecule is CCCCCCCCOP(=O)([O-])OCCCCCCOCC. The Kier molecular flexibility index (Phi) is 16.0. The van der Waals surface area contributed by atoms with E-state index in [1.807, 2.05) is 6.92 Å².